The van der Waals surface area contributed by atoms with E-state index in [1.54, 1.807) is 13.0 Å². The van der Waals surface area contributed by atoms with Crippen molar-refractivity contribution in [2.75, 3.05) is 6.61 Å². The van der Waals surface area contributed by atoms with Gasteiger partial charge in [0.15, 0.2) is 0 Å². The molecular formula is C12H19F3O2. The van der Waals surface area contributed by atoms with Crippen molar-refractivity contribution in [3.63, 3.8) is 0 Å². The number of hydrogen-bond donors (Lipinski definition) is 0. The number of alkyl halides is 3. The summed E-state index contributed by atoms with van der Waals surface area (Å²) in [6, 6.07) is 0. The highest BCUT2D eigenvalue weighted by atomic mass is 19.4. The number of unbranched alkanes of at least 4 members (excludes halogenated alkanes) is 4. The van der Waals surface area contributed by atoms with Crippen LogP contribution in [0.4, 0.5) is 13.2 Å². The van der Waals surface area contributed by atoms with Crippen LogP contribution in [0, 0.1) is 0 Å². The lowest BCUT2D eigenvalue weighted by atomic mass is 10.1. The summed E-state index contributed by atoms with van der Waals surface area (Å²) in [6.07, 6.45) is 1.33. The van der Waals surface area contributed by atoms with E-state index in [4.69, 9.17) is 0 Å². The molecule has 100 valence electrons. The molecule has 0 spiro atoms. The molecule has 0 fully saturated rings. The van der Waals surface area contributed by atoms with Gasteiger partial charge in [0.25, 0.3) is 0 Å². The molecule has 0 saturated carbocycles. The Morgan fingerprint density at radius 3 is 2.41 bits per heavy atom. The molecule has 0 aliphatic heterocycles. The van der Waals surface area contributed by atoms with Crippen molar-refractivity contribution < 1.29 is 22.7 Å². The molecule has 0 saturated heterocycles. The second kappa shape index (κ2) is 9.07. The van der Waals surface area contributed by atoms with E-state index >= 15 is 0 Å². The maximum absolute atomic E-state index is 11.8. The maximum Gasteiger partial charge on any atom is 0.389 e. The fourth-order valence-electron chi connectivity index (χ4n) is 1.31. The molecule has 0 aromatic carbocycles. The number of carbonyl (C=O) groups is 1. The van der Waals surface area contributed by atoms with Crippen LogP contribution in [-0.2, 0) is 9.53 Å². The van der Waals surface area contributed by atoms with E-state index in [9.17, 15) is 18.0 Å². The van der Waals surface area contributed by atoms with Crippen LogP contribution in [-0.4, -0.2) is 18.8 Å². The van der Waals surface area contributed by atoms with Gasteiger partial charge in [-0.15, -0.1) is 0 Å². The summed E-state index contributed by atoms with van der Waals surface area (Å²) < 4.78 is 40.0. The Morgan fingerprint density at radius 1 is 1.18 bits per heavy atom. The standard InChI is InChI=1S/C12H19F3O2/c1-2-17-11(16)9-7-5-3-4-6-8-10-12(13,14)15/h7,9H,2-6,8,10H2,1H3. The Bertz CT molecular complexity index is 234. The number of esters is 1. The van der Waals surface area contributed by atoms with Crippen molar-refractivity contribution in [2.24, 2.45) is 0 Å². The molecule has 0 aromatic heterocycles. The van der Waals surface area contributed by atoms with Crippen LogP contribution in [0.5, 0.6) is 0 Å². The summed E-state index contributed by atoms with van der Waals surface area (Å²) in [7, 11) is 0. The van der Waals surface area contributed by atoms with Crippen molar-refractivity contribution >= 4 is 5.97 Å². The quantitative estimate of drug-likeness (QED) is 0.370. The van der Waals surface area contributed by atoms with Gasteiger partial charge in [-0.2, -0.15) is 13.2 Å². The van der Waals surface area contributed by atoms with E-state index in [1.807, 2.05) is 0 Å². The first-order chi connectivity index (χ1) is 7.95. The Morgan fingerprint density at radius 2 is 1.82 bits per heavy atom. The first-order valence-electron chi connectivity index (χ1n) is 5.85. The molecule has 0 heterocycles. The van der Waals surface area contributed by atoms with E-state index in [2.05, 4.69) is 4.74 Å². The van der Waals surface area contributed by atoms with E-state index < -0.39 is 12.6 Å². The van der Waals surface area contributed by atoms with E-state index in [0.717, 1.165) is 12.8 Å². The number of allylic oxidation sites excluding steroid dienone is 1. The smallest absolute Gasteiger partial charge is 0.389 e. The Kier molecular flexibility index (Phi) is 8.54. The molecule has 0 aromatic rings. The van der Waals surface area contributed by atoms with Gasteiger partial charge in [-0.1, -0.05) is 18.9 Å². The van der Waals surface area contributed by atoms with Crippen molar-refractivity contribution in [3.05, 3.63) is 12.2 Å². The van der Waals surface area contributed by atoms with Gasteiger partial charge >= 0.3 is 12.1 Å². The fourth-order valence-corrected chi connectivity index (χ4v) is 1.31. The van der Waals surface area contributed by atoms with Crippen molar-refractivity contribution in [3.8, 4) is 0 Å². The van der Waals surface area contributed by atoms with E-state index in [1.165, 1.54) is 6.08 Å². The normalized spacial score (nSPS) is 12.0. The molecule has 0 N–H and O–H groups in total. The Hall–Kier alpha value is -1.00. The van der Waals surface area contributed by atoms with Crippen LogP contribution < -0.4 is 0 Å². The van der Waals surface area contributed by atoms with Gasteiger partial charge in [-0.05, 0) is 26.2 Å². The summed E-state index contributed by atoms with van der Waals surface area (Å²) in [5.41, 5.74) is 0. The zero-order valence-corrected chi connectivity index (χ0v) is 10.1. The van der Waals surface area contributed by atoms with Crippen LogP contribution in [0.25, 0.3) is 0 Å². The molecular weight excluding hydrogens is 233 g/mol. The van der Waals surface area contributed by atoms with Crippen LogP contribution in [0.2, 0.25) is 0 Å². The van der Waals surface area contributed by atoms with Crippen molar-refractivity contribution in [2.45, 2.75) is 51.6 Å². The van der Waals surface area contributed by atoms with Crippen LogP contribution in [0.15, 0.2) is 12.2 Å². The van der Waals surface area contributed by atoms with Gasteiger partial charge < -0.3 is 4.74 Å². The molecule has 2 nitrogen and oxygen atoms in total. The molecule has 0 bridgehead atoms. The number of rotatable bonds is 8. The lowest BCUT2D eigenvalue weighted by molar-refractivity contribution is -0.137. The number of carbonyl (C=O) groups excluding carboxylic acids is 1. The predicted octanol–water partition coefficient (Wildman–Crippen LogP) is 4.01. The average molecular weight is 252 g/mol. The molecule has 5 heteroatoms. The van der Waals surface area contributed by atoms with Crippen LogP contribution in [0.1, 0.15) is 45.4 Å². The summed E-state index contributed by atoms with van der Waals surface area (Å²) >= 11 is 0. The van der Waals surface area contributed by atoms with Gasteiger partial charge in [0, 0.05) is 12.5 Å². The zero-order valence-electron chi connectivity index (χ0n) is 10.1. The average Bonchev–Trinajstić information content (AvgIpc) is 2.21. The Balaban J connectivity index is 3.32. The fraction of sp³-hybridized carbons (Fsp3) is 0.750. The molecule has 0 unspecified atom stereocenters. The summed E-state index contributed by atoms with van der Waals surface area (Å²) in [5, 5.41) is 0. The third kappa shape index (κ3) is 12.9. The summed E-state index contributed by atoms with van der Waals surface area (Å²) in [4.78, 5) is 10.9. The van der Waals surface area contributed by atoms with Gasteiger partial charge in [0.2, 0.25) is 0 Å². The SMILES string of the molecule is CCOC(=O)C=CCCCCCCC(F)(F)F. The minimum Gasteiger partial charge on any atom is -0.463 e. The van der Waals surface area contributed by atoms with Gasteiger partial charge in [0.05, 0.1) is 6.61 Å². The third-order valence-electron chi connectivity index (χ3n) is 2.12. The van der Waals surface area contributed by atoms with Crippen molar-refractivity contribution in [1.82, 2.24) is 0 Å². The van der Waals surface area contributed by atoms with Gasteiger partial charge in [-0.25, -0.2) is 4.79 Å². The number of halogens is 3. The highest BCUT2D eigenvalue weighted by Gasteiger charge is 2.25. The summed E-state index contributed by atoms with van der Waals surface area (Å²) in [5.74, 6) is -0.371. The zero-order chi connectivity index (χ0) is 13.1. The van der Waals surface area contributed by atoms with Crippen LogP contribution >= 0.6 is 0 Å². The molecule has 0 rings (SSSR count). The number of ether oxygens (including phenoxy) is 1. The second-order valence-corrected chi connectivity index (χ2v) is 3.72. The second-order valence-electron chi connectivity index (χ2n) is 3.72. The molecule has 0 atom stereocenters. The third-order valence-corrected chi connectivity index (χ3v) is 2.12. The summed E-state index contributed by atoms with van der Waals surface area (Å²) in [6.45, 7) is 2.08. The lowest BCUT2D eigenvalue weighted by Crippen LogP contribution is -2.06. The molecule has 0 amide bonds. The predicted molar refractivity (Wildman–Crippen MR) is 59.5 cm³/mol. The molecule has 0 aliphatic carbocycles. The topological polar surface area (TPSA) is 26.3 Å². The largest absolute Gasteiger partial charge is 0.463 e. The van der Waals surface area contributed by atoms with E-state index in [-0.39, 0.29) is 12.4 Å². The maximum atomic E-state index is 11.8. The van der Waals surface area contributed by atoms with Crippen molar-refractivity contribution in [1.29, 1.82) is 0 Å². The monoisotopic (exact) mass is 252 g/mol. The lowest BCUT2D eigenvalue weighted by Gasteiger charge is -2.04. The molecule has 0 aliphatic rings. The minimum atomic E-state index is -4.04. The molecule has 0 radical (unpaired) electrons. The Labute approximate surface area is 99.8 Å². The first-order valence-corrected chi connectivity index (χ1v) is 5.85. The highest BCUT2D eigenvalue weighted by molar-refractivity contribution is 5.81. The number of hydrogen-bond acceptors (Lipinski definition) is 2. The van der Waals surface area contributed by atoms with Gasteiger partial charge in [-0.3, -0.25) is 0 Å². The highest BCUT2D eigenvalue weighted by Crippen LogP contribution is 2.22. The van der Waals surface area contributed by atoms with Crippen LogP contribution in [0.3, 0.4) is 0 Å². The minimum absolute atomic E-state index is 0.186. The van der Waals surface area contributed by atoms with E-state index in [0.29, 0.717) is 19.4 Å². The molecule has 17 heavy (non-hydrogen) atoms. The van der Waals surface area contributed by atoms with Gasteiger partial charge in [0.1, 0.15) is 0 Å². The first kappa shape index (κ1) is 16.0.